The monoisotopic (exact) mass is 403 g/mol. The molecule has 1 N–H and O–H groups in total. The fourth-order valence-corrected chi connectivity index (χ4v) is 3.39. The summed E-state index contributed by atoms with van der Waals surface area (Å²) in [6, 6.07) is 7.66. The Morgan fingerprint density at radius 2 is 2.17 bits per heavy atom. The molecule has 0 spiro atoms. The summed E-state index contributed by atoms with van der Waals surface area (Å²) in [5.41, 5.74) is 0.456. The quantitative estimate of drug-likeness (QED) is 0.766. The lowest BCUT2D eigenvalue weighted by Gasteiger charge is -2.35. The van der Waals surface area contributed by atoms with E-state index in [0.717, 1.165) is 5.76 Å². The van der Waals surface area contributed by atoms with Gasteiger partial charge in [0.15, 0.2) is 0 Å². The van der Waals surface area contributed by atoms with Crippen LogP contribution in [0.5, 0.6) is 5.75 Å². The van der Waals surface area contributed by atoms with Crippen molar-refractivity contribution in [3.63, 3.8) is 0 Å². The molecule has 1 aliphatic heterocycles. The van der Waals surface area contributed by atoms with Gasteiger partial charge >= 0.3 is 0 Å². The molecule has 2 aromatic rings. The van der Waals surface area contributed by atoms with Gasteiger partial charge in [-0.1, -0.05) is 6.07 Å². The average Bonchev–Trinajstić information content (AvgIpc) is 3.10. The Bertz CT molecular complexity index is 883. The molecule has 2 heterocycles. The van der Waals surface area contributed by atoms with Crippen LogP contribution in [0.25, 0.3) is 0 Å². The fourth-order valence-electron chi connectivity index (χ4n) is 3.39. The second-order valence-corrected chi connectivity index (χ2v) is 7.20. The molecule has 156 valence electrons. The van der Waals surface area contributed by atoms with Gasteiger partial charge in [-0.05, 0) is 25.1 Å². The highest BCUT2D eigenvalue weighted by atomic mass is 19.1. The molecule has 0 bridgehead atoms. The summed E-state index contributed by atoms with van der Waals surface area (Å²) in [4.78, 5) is 28.5. The predicted molar refractivity (Wildman–Crippen MR) is 105 cm³/mol. The van der Waals surface area contributed by atoms with Crippen molar-refractivity contribution in [3.8, 4) is 5.75 Å². The third-order valence-electron chi connectivity index (χ3n) is 5.06. The Morgan fingerprint density at radius 1 is 1.38 bits per heavy atom. The van der Waals surface area contributed by atoms with Crippen LogP contribution in [0.15, 0.2) is 34.7 Å². The van der Waals surface area contributed by atoms with Gasteiger partial charge in [-0.2, -0.15) is 0 Å². The number of rotatable bonds is 7. The molecule has 1 unspecified atom stereocenters. The average molecular weight is 403 g/mol. The summed E-state index contributed by atoms with van der Waals surface area (Å²) in [6.45, 7) is 3.41. The fraction of sp³-hybridized carbons (Fsp3) is 0.429. The van der Waals surface area contributed by atoms with Crippen molar-refractivity contribution < 1.29 is 23.1 Å². The summed E-state index contributed by atoms with van der Waals surface area (Å²) < 4.78 is 24.9. The first-order valence-electron chi connectivity index (χ1n) is 9.51. The minimum Gasteiger partial charge on any atom is -0.497 e. The van der Waals surface area contributed by atoms with Crippen molar-refractivity contribution >= 4 is 11.8 Å². The molecule has 1 aromatic heterocycles. The van der Waals surface area contributed by atoms with Crippen LogP contribution in [0.3, 0.4) is 0 Å². The van der Waals surface area contributed by atoms with Gasteiger partial charge in [0.25, 0.3) is 0 Å². The van der Waals surface area contributed by atoms with E-state index in [1.165, 1.54) is 18.1 Å². The van der Waals surface area contributed by atoms with E-state index >= 15 is 0 Å². The summed E-state index contributed by atoms with van der Waals surface area (Å²) >= 11 is 0. The van der Waals surface area contributed by atoms with Crippen molar-refractivity contribution in [2.75, 3.05) is 27.2 Å². The molecule has 3 rings (SSSR count). The van der Waals surface area contributed by atoms with Crippen molar-refractivity contribution in [3.05, 3.63) is 53.2 Å². The van der Waals surface area contributed by atoms with E-state index < -0.39 is 11.9 Å². The Hall–Kier alpha value is -2.87. The largest absolute Gasteiger partial charge is 0.497 e. The molecule has 0 radical (unpaired) electrons. The number of carbonyl (C=O) groups excluding carboxylic acids is 2. The molecule has 8 heteroatoms. The lowest BCUT2D eigenvalue weighted by atomic mass is 10.1. The van der Waals surface area contributed by atoms with Gasteiger partial charge in [0.1, 0.15) is 23.1 Å². The van der Waals surface area contributed by atoms with Gasteiger partial charge in [0.05, 0.1) is 26.1 Å². The number of piperazine rings is 1. The lowest BCUT2D eigenvalue weighted by Crippen LogP contribution is -2.56. The topological polar surface area (TPSA) is 75.0 Å². The van der Waals surface area contributed by atoms with E-state index in [1.54, 1.807) is 19.2 Å². The number of methoxy groups -OCH3 is 1. The molecular formula is C21H26FN3O4. The first kappa shape index (κ1) is 20.9. The maximum atomic E-state index is 14.4. The van der Waals surface area contributed by atoms with Gasteiger partial charge in [0, 0.05) is 38.3 Å². The third-order valence-corrected chi connectivity index (χ3v) is 5.06. The number of benzene rings is 1. The van der Waals surface area contributed by atoms with Crippen molar-refractivity contribution in [1.29, 1.82) is 0 Å². The zero-order valence-electron chi connectivity index (χ0n) is 16.9. The number of carbonyl (C=O) groups is 2. The Balaban J connectivity index is 1.67. The molecule has 1 aromatic carbocycles. The van der Waals surface area contributed by atoms with Crippen LogP contribution in [0.1, 0.15) is 23.5 Å². The normalized spacial score (nSPS) is 17.1. The maximum absolute atomic E-state index is 14.4. The zero-order valence-corrected chi connectivity index (χ0v) is 16.9. The molecular weight excluding hydrogens is 377 g/mol. The molecule has 29 heavy (non-hydrogen) atoms. The number of hydrogen-bond donors (Lipinski definition) is 1. The maximum Gasteiger partial charge on any atom is 0.237 e. The molecule has 1 fully saturated rings. The van der Waals surface area contributed by atoms with Gasteiger partial charge in [-0.25, -0.2) is 4.39 Å². The van der Waals surface area contributed by atoms with Gasteiger partial charge in [-0.3, -0.25) is 14.5 Å². The second kappa shape index (κ2) is 9.09. The number of ether oxygens (including phenoxy) is 1. The summed E-state index contributed by atoms with van der Waals surface area (Å²) in [5, 5.41) is 2.79. The first-order valence-corrected chi connectivity index (χ1v) is 9.51. The molecule has 0 saturated carbocycles. The summed E-state index contributed by atoms with van der Waals surface area (Å²) in [6.07, 6.45) is 0.0137. The van der Waals surface area contributed by atoms with Gasteiger partial charge < -0.3 is 19.4 Å². The molecule has 1 saturated heterocycles. The number of hydrogen-bond acceptors (Lipinski definition) is 5. The minimum absolute atomic E-state index is 0.0137. The van der Waals surface area contributed by atoms with Gasteiger partial charge in [-0.15, -0.1) is 0 Å². The number of nitrogens with one attached hydrogen (secondary N) is 1. The van der Waals surface area contributed by atoms with E-state index in [1.807, 2.05) is 24.0 Å². The molecule has 2 amide bonds. The second-order valence-electron chi connectivity index (χ2n) is 7.20. The molecule has 1 aliphatic rings. The SMILES string of the molecule is COc1ccc(CN2CCNC(=O)C2CC(=O)N(C)Cc2ccc(C)o2)c(F)c1. The number of nitrogens with zero attached hydrogens (tertiary/aromatic N) is 2. The summed E-state index contributed by atoms with van der Waals surface area (Å²) in [7, 11) is 3.15. The van der Waals surface area contributed by atoms with E-state index in [4.69, 9.17) is 9.15 Å². The molecule has 7 nitrogen and oxygen atoms in total. The highest BCUT2D eigenvalue weighted by molar-refractivity contribution is 5.88. The highest BCUT2D eigenvalue weighted by Gasteiger charge is 2.33. The Kier molecular flexibility index (Phi) is 6.53. The van der Waals surface area contributed by atoms with E-state index in [2.05, 4.69) is 5.32 Å². The molecule has 0 aliphatic carbocycles. The zero-order chi connectivity index (χ0) is 21.0. The minimum atomic E-state index is -0.654. The smallest absolute Gasteiger partial charge is 0.237 e. The van der Waals surface area contributed by atoms with E-state index in [0.29, 0.717) is 36.7 Å². The van der Waals surface area contributed by atoms with Crippen LogP contribution in [0.2, 0.25) is 0 Å². The summed E-state index contributed by atoms with van der Waals surface area (Å²) in [5.74, 6) is 1.10. The third kappa shape index (κ3) is 5.14. The van der Waals surface area contributed by atoms with Gasteiger partial charge in [0.2, 0.25) is 11.8 Å². The van der Waals surface area contributed by atoms with Crippen LogP contribution in [-0.2, 0) is 22.7 Å². The molecule has 1 atom stereocenters. The standard InChI is InChI=1S/C21H26FN3O4/c1-14-4-6-17(29-14)13-24(2)20(26)11-19-21(27)23-8-9-25(19)12-15-5-7-16(28-3)10-18(15)22/h4-7,10,19H,8-9,11-13H2,1-3H3,(H,23,27). The lowest BCUT2D eigenvalue weighted by molar-refractivity contribution is -0.138. The van der Waals surface area contributed by atoms with E-state index in [9.17, 15) is 14.0 Å². The van der Waals surface area contributed by atoms with Crippen LogP contribution in [0, 0.1) is 12.7 Å². The predicted octanol–water partition coefficient (Wildman–Crippen LogP) is 2.08. The van der Waals surface area contributed by atoms with Crippen molar-refractivity contribution in [2.45, 2.75) is 32.5 Å². The number of amides is 2. The number of aryl methyl sites for hydroxylation is 1. The Labute approximate surface area is 169 Å². The van der Waals surface area contributed by atoms with Crippen molar-refractivity contribution in [2.24, 2.45) is 0 Å². The van der Waals surface area contributed by atoms with Crippen LogP contribution >= 0.6 is 0 Å². The first-order chi connectivity index (χ1) is 13.9. The van der Waals surface area contributed by atoms with Crippen LogP contribution in [0.4, 0.5) is 4.39 Å². The number of halogens is 1. The van der Waals surface area contributed by atoms with Crippen LogP contribution < -0.4 is 10.1 Å². The van der Waals surface area contributed by atoms with E-state index in [-0.39, 0.29) is 24.8 Å². The van der Waals surface area contributed by atoms with Crippen LogP contribution in [-0.4, -0.2) is 54.9 Å². The number of furan rings is 1. The Morgan fingerprint density at radius 3 is 2.83 bits per heavy atom. The highest BCUT2D eigenvalue weighted by Crippen LogP contribution is 2.21. The van der Waals surface area contributed by atoms with Crippen molar-refractivity contribution in [1.82, 2.24) is 15.1 Å².